The fourth-order valence-corrected chi connectivity index (χ4v) is 0.577. The van der Waals surface area contributed by atoms with Crippen molar-refractivity contribution >= 4 is 7.82 Å². The zero-order valence-electron chi connectivity index (χ0n) is 8.77. The smallest absolute Gasteiger partial charge is 0.303 e. The van der Waals surface area contributed by atoms with Crippen LogP contribution in [0.2, 0.25) is 0 Å². The molecule has 0 aliphatic rings. The van der Waals surface area contributed by atoms with Crippen LogP contribution in [0.15, 0.2) is 11.1 Å². The highest BCUT2D eigenvalue weighted by Crippen LogP contribution is 2.25. The Morgan fingerprint density at radius 2 is 1.31 bits per heavy atom. The first-order valence-electron chi connectivity index (χ1n) is 3.98. The second kappa shape index (κ2) is 6.33. The van der Waals surface area contributed by atoms with Crippen LogP contribution < -0.4 is 0 Å². The largest absolute Gasteiger partial charge is 0.466 e. The van der Waals surface area contributed by atoms with Gasteiger partial charge in [0, 0.05) is 0 Å². The first-order valence-corrected chi connectivity index (χ1v) is 5.54. The molecular weight excluding hydrogens is 191 g/mol. The minimum Gasteiger partial charge on any atom is -0.303 e. The van der Waals surface area contributed by atoms with E-state index >= 15 is 0 Å². The van der Waals surface area contributed by atoms with Crippen LogP contribution >= 0.6 is 7.82 Å². The van der Waals surface area contributed by atoms with Crippen LogP contribution in [0, 0.1) is 5.92 Å². The summed E-state index contributed by atoms with van der Waals surface area (Å²) in [5.41, 5.74) is 2.98. The summed E-state index contributed by atoms with van der Waals surface area (Å²) in [4.78, 5) is 21.6. The minimum atomic E-state index is -4.64. The van der Waals surface area contributed by atoms with Gasteiger partial charge in [0.25, 0.3) is 0 Å². The number of allylic oxidation sites excluding steroid dienone is 2. The average Bonchev–Trinajstić information content (AvgIpc) is 1.81. The molecule has 80 valence electrons. The summed E-state index contributed by atoms with van der Waals surface area (Å²) >= 11 is 0. The summed E-state index contributed by atoms with van der Waals surface area (Å²) in [5, 5.41) is 0. The van der Waals surface area contributed by atoms with Gasteiger partial charge in [0.2, 0.25) is 0 Å². The second-order valence-corrected chi connectivity index (χ2v) is 4.38. The van der Waals surface area contributed by atoms with Gasteiger partial charge in [-0.2, -0.15) is 0 Å². The number of hydrogen-bond donors (Lipinski definition) is 3. The molecule has 0 atom stereocenters. The van der Waals surface area contributed by atoms with Crippen LogP contribution in [-0.2, 0) is 4.57 Å². The van der Waals surface area contributed by atoms with E-state index in [-0.39, 0.29) is 0 Å². The van der Waals surface area contributed by atoms with E-state index in [9.17, 15) is 0 Å². The molecule has 4 nitrogen and oxygen atoms in total. The third-order valence-electron chi connectivity index (χ3n) is 1.65. The van der Waals surface area contributed by atoms with E-state index in [0.29, 0.717) is 0 Å². The van der Waals surface area contributed by atoms with E-state index in [2.05, 4.69) is 34.6 Å². The van der Waals surface area contributed by atoms with E-state index in [1.54, 1.807) is 0 Å². The highest BCUT2D eigenvalue weighted by molar-refractivity contribution is 7.45. The van der Waals surface area contributed by atoms with Crippen molar-refractivity contribution in [3.63, 3.8) is 0 Å². The van der Waals surface area contributed by atoms with Crippen molar-refractivity contribution in [2.45, 2.75) is 34.6 Å². The lowest BCUT2D eigenvalue weighted by molar-refractivity contribution is 0.275. The molecule has 0 spiro atoms. The topological polar surface area (TPSA) is 77.8 Å². The maximum atomic E-state index is 8.88. The normalized spacial score (nSPS) is 10.5. The molecular formula is C8H19O4P. The van der Waals surface area contributed by atoms with Gasteiger partial charge in [-0.3, -0.25) is 0 Å². The van der Waals surface area contributed by atoms with Crippen LogP contribution in [0.25, 0.3) is 0 Å². The van der Waals surface area contributed by atoms with Crippen molar-refractivity contribution in [2.75, 3.05) is 0 Å². The zero-order chi connectivity index (χ0) is 11.2. The Labute approximate surface area is 79.5 Å². The van der Waals surface area contributed by atoms with E-state index < -0.39 is 7.82 Å². The Morgan fingerprint density at radius 3 is 1.31 bits per heavy atom. The Kier molecular flexibility index (Phi) is 7.46. The fourth-order valence-electron chi connectivity index (χ4n) is 0.577. The molecule has 0 unspecified atom stereocenters. The van der Waals surface area contributed by atoms with Crippen molar-refractivity contribution in [3.05, 3.63) is 11.1 Å². The molecule has 0 rings (SSSR count). The summed E-state index contributed by atoms with van der Waals surface area (Å²) in [7, 11) is -4.64. The van der Waals surface area contributed by atoms with Crippen LogP contribution in [0.4, 0.5) is 0 Å². The molecule has 0 fully saturated rings. The molecule has 0 radical (unpaired) electrons. The lowest BCUT2D eigenvalue weighted by Crippen LogP contribution is -1.89. The Hall–Kier alpha value is -0.150. The number of hydrogen-bond acceptors (Lipinski definition) is 1. The molecule has 0 aromatic carbocycles. The molecule has 0 heterocycles. The van der Waals surface area contributed by atoms with Gasteiger partial charge in [0.1, 0.15) is 0 Å². The third-order valence-corrected chi connectivity index (χ3v) is 1.65. The van der Waals surface area contributed by atoms with Gasteiger partial charge in [-0.05, 0) is 26.7 Å². The molecule has 0 aliphatic carbocycles. The SMILES string of the molecule is CC(C)=C(C)C(C)C.O=P(O)(O)O. The highest BCUT2D eigenvalue weighted by atomic mass is 31.2. The van der Waals surface area contributed by atoms with Gasteiger partial charge in [0.05, 0.1) is 0 Å². The van der Waals surface area contributed by atoms with Crippen molar-refractivity contribution in [2.24, 2.45) is 5.92 Å². The monoisotopic (exact) mass is 210 g/mol. The zero-order valence-corrected chi connectivity index (χ0v) is 9.67. The lowest BCUT2D eigenvalue weighted by atomic mass is 10.0. The third kappa shape index (κ3) is 18.7. The molecule has 5 heteroatoms. The van der Waals surface area contributed by atoms with E-state index in [0.717, 1.165) is 5.92 Å². The summed E-state index contributed by atoms with van der Waals surface area (Å²) in [5.74, 6) is 0.722. The van der Waals surface area contributed by atoms with Crippen molar-refractivity contribution in [3.8, 4) is 0 Å². The molecule has 13 heavy (non-hydrogen) atoms. The lowest BCUT2D eigenvalue weighted by Gasteiger charge is -2.05. The molecule has 3 N–H and O–H groups in total. The van der Waals surface area contributed by atoms with Crippen LogP contribution in [0.3, 0.4) is 0 Å². The fraction of sp³-hybridized carbons (Fsp3) is 0.750. The summed E-state index contributed by atoms with van der Waals surface area (Å²) in [6.45, 7) is 11.0. The van der Waals surface area contributed by atoms with Gasteiger partial charge in [-0.15, -0.1) is 0 Å². The highest BCUT2D eigenvalue weighted by Gasteiger charge is 2.00. The molecule has 0 aromatic heterocycles. The molecule has 0 aromatic rings. The Bertz CT molecular complexity index is 202. The number of phosphoric acid groups is 1. The van der Waals surface area contributed by atoms with E-state index in [4.69, 9.17) is 19.2 Å². The Morgan fingerprint density at radius 1 is 1.08 bits per heavy atom. The summed E-state index contributed by atoms with van der Waals surface area (Å²) in [6, 6.07) is 0. The van der Waals surface area contributed by atoms with Crippen LogP contribution in [0.5, 0.6) is 0 Å². The quantitative estimate of drug-likeness (QED) is 0.457. The van der Waals surface area contributed by atoms with Gasteiger partial charge < -0.3 is 14.7 Å². The van der Waals surface area contributed by atoms with Gasteiger partial charge in [-0.25, -0.2) is 4.57 Å². The number of rotatable bonds is 1. The minimum absolute atomic E-state index is 0.722. The summed E-state index contributed by atoms with van der Waals surface area (Å²) in [6.07, 6.45) is 0. The first kappa shape index (κ1) is 15.3. The molecule has 0 amide bonds. The molecule has 0 saturated carbocycles. The van der Waals surface area contributed by atoms with Crippen molar-refractivity contribution in [1.82, 2.24) is 0 Å². The standard InChI is InChI=1S/C8H16.H3O4P/c1-6(2)8(5)7(3)4;1-5(2,3)4/h6H,1-5H3;(H3,1,2,3,4). The second-order valence-electron chi connectivity index (χ2n) is 3.35. The molecule has 0 saturated heterocycles. The van der Waals surface area contributed by atoms with Crippen molar-refractivity contribution < 1.29 is 19.2 Å². The predicted molar refractivity (Wildman–Crippen MR) is 53.1 cm³/mol. The van der Waals surface area contributed by atoms with Crippen LogP contribution in [-0.4, -0.2) is 14.7 Å². The van der Waals surface area contributed by atoms with Gasteiger partial charge >= 0.3 is 7.82 Å². The van der Waals surface area contributed by atoms with E-state index in [1.165, 1.54) is 11.1 Å². The van der Waals surface area contributed by atoms with Gasteiger partial charge in [0.15, 0.2) is 0 Å². The molecule has 0 aliphatic heterocycles. The molecule has 0 bridgehead atoms. The average molecular weight is 210 g/mol. The van der Waals surface area contributed by atoms with Crippen molar-refractivity contribution in [1.29, 1.82) is 0 Å². The maximum absolute atomic E-state index is 8.88. The Balaban J connectivity index is 0. The van der Waals surface area contributed by atoms with Crippen LogP contribution in [0.1, 0.15) is 34.6 Å². The predicted octanol–water partition coefficient (Wildman–Crippen LogP) is 2.07. The van der Waals surface area contributed by atoms with Gasteiger partial charge in [-0.1, -0.05) is 25.0 Å². The first-order chi connectivity index (χ1) is 5.55. The summed E-state index contributed by atoms with van der Waals surface area (Å²) < 4.78 is 8.88. The van der Waals surface area contributed by atoms with E-state index in [1.807, 2.05) is 0 Å². The maximum Gasteiger partial charge on any atom is 0.466 e.